The Labute approximate surface area is 131 Å². The van der Waals surface area contributed by atoms with Crippen molar-refractivity contribution < 1.29 is 0 Å². The van der Waals surface area contributed by atoms with Crippen LogP contribution in [0.3, 0.4) is 0 Å². The topological polar surface area (TPSA) is 85.3 Å². The van der Waals surface area contributed by atoms with Crippen molar-refractivity contribution in [1.82, 2.24) is 29.1 Å². The van der Waals surface area contributed by atoms with Crippen LogP contribution in [-0.2, 0) is 13.6 Å². The lowest BCUT2D eigenvalue weighted by Crippen LogP contribution is -2.22. The highest BCUT2D eigenvalue weighted by atomic mass is 15.1. The van der Waals surface area contributed by atoms with Crippen molar-refractivity contribution >= 4 is 22.2 Å². The molecule has 0 aliphatic carbocycles. The Morgan fingerprint density at radius 3 is 2.83 bits per heavy atom. The van der Waals surface area contributed by atoms with Gasteiger partial charge in [-0.25, -0.2) is 15.0 Å². The van der Waals surface area contributed by atoms with Crippen LogP contribution in [-0.4, -0.2) is 29.1 Å². The average molecular weight is 305 g/mol. The summed E-state index contributed by atoms with van der Waals surface area (Å²) in [6.07, 6.45) is 3.39. The van der Waals surface area contributed by atoms with Gasteiger partial charge in [0.25, 0.3) is 0 Å². The summed E-state index contributed by atoms with van der Waals surface area (Å²) >= 11 is 0. The summed E-state index contributed by atoms with van der Waals surface area (Å²) in [7, 11) is 1.93. The van der Waals surface area contributed by atoms with Gasteiger partial charge in [0, 0.05) is 13.2 Å². The van der Waals surface area contributed by atoms with E-state index in [9.17, 15) is 0 Å². The number of hydrogen-bond donors (Lipinski definition) is 1. The van der Waals surface area contributed by atoms with Crippen LogP contribution in [0.25, 0.3) is 22.2 Å². The van der Waals surface area contributed by atoms with Gasteiger partial charge in [0.15, 0.2) is 11.3 Å². The van der Waals surface area contributed by atoms with Crippen molar-refractivity contribution in [3.05, 3.63) is 53.8 Å². The molecule has 4 heterocycles. The molecule has 0 spiro atoms. The second-order valence-corrected chi connectivity index (χ2v) is 5.46. The van der Waals surface area contributed by atoms with E-state index in [4.69, 9.17) is 5.41 Å². The Bertz CT molecular complexity index is 1080. The summed E-state index contributed by atoms with van der Waals surface area (Å²) in [5.74, 6) is 0.885. The number of pyridine rings is 2. The van der Waals surface area contributed by atoms with E-state index in [1.165, 1.54) is 0 Å². The number of nitrogens with one attached hydrogen (secondary N) is 1. The van der Waals surface area contributed by atoms with Gasteiger partial charge in [-0.3, -0.25) is 10.4 Å². The van der Waals surface area contributed by atoms with Gasteiger partial charge in [-0.1, -0.05) is 6.07 Å². The predicted molar refractivity (Wildman–Crippen MR) is 85.7 cm³/mol. The predicted octanol–water partition coefficient (Wildman–Crippen LogP) is 1.55. The van der Waals surface area contributed by atoms with Crippen molar-refractivity contribution in [3.63, 3.8) is 0 Å². The molecular formula is C16H15N7. The first kappa shape index (κ1) is 13.6. The molecular weight excluding hydrogens is 290 g/mol. The molecule has 0 saturated carbocycles. The average Bonchev–Trinajstić information content (AvgIpc) is 2.84. The molecule has 0 bridgehead atoms. The molecule has 23 heavy (non-hydrogen) atoms. The van der Waals surface area contributed by atoms with E-state index in [-0.39, 0.29) is 0 Å². The van der Waals surface area contributed by atoms with Crippen LogP contribution in [0, 0.1) is 12.3 Å². The van der Waals surface area contributed by atoms with Crippen LogP contribution in [0.1, 0.15) is 11.5 Å². The highest BCUT2D eigenvalue weighted by molar-refractivity contribution is 5.86. The van der Waals surface area contributed by atoms with E-state index in [0.29, 0.717) is 23.1 Å². The molecule has 4 aromatic heterocycles. The monoisotopic (exact) mass is 305 g/mol. The molecule has 4 aromatic rings. The van der Waals surface area contributed by atoms with Crippen LogP contribution >= 0.6 is 0 Å². The maximum absolute atomic E-state index is 8.45. The molecule has 0 atom stereocenters. The van der Waals surface area contributed by atoms with Gasteiger partial charge in [-0.15, -0.1) is 0 Å². The van der Waals surface area contributed by atoms with E-state index >= 15 is 0 Å². The molecule has 0 fully saturated rings. The largest absolute Gasteiger partial charge is 0.316 e. The minimum atomic E-state index is 0.360. The Hall–Kier alpha value is -3.09. The second kappa shape index (κ2) is 4.98. The number of aryl methyl sites for hydroxylation is 2. The summed E-state index contributed by atoms with van der Waals surface area (Å²) < 4.78 is 3.68. The normalized spacial score (nSPS) is 11.4. The van der Waals surface area contributed by atoms with E-state index in [0.717, 1.165) is 22.7 Å². The van der Waals surface area contributed by atoms with Crippen LogP contribution in [0.4, 0.5) is 0 Å². The standard InChI is InChI=1S/C16H15N7/c1-10-20-13-7-12-14(17)23(8-11-5-3-4-6-18-11)9-19-15(12)21-16(13)22(10)2/h3-7,9,17H,8H2,1-2H3. The van der Waals surface area contributed by atoms with E-state index in [2.05, 4.69) is 19.9 Å². The Morgan fingerprint density at radius 2 is 2.04 bits per heavy atom. The maximum atomic E-state index is 8.45. The second-order valence-electron chi connectivity index (χ2n) is 5.46. The fourth-order valence-electron chi connectivity index (χ4n) is 2.61. The van der Waals surface area contributed by atoms with Crippen molar-refractivity contribution in [2.75, 3.05) is 0 Å². The van der Waals surface area contributed by atoms with Gasteiger partial charge < -0.3 is 9.13 Å². The molecule has 0 aliphatic rings. The number of imidazole rings is 1. The number of rotatable bonds is 2. The van der Waals surface area contributed by atoms with Gasteiger partial charge >= 0.3 is 0 Å². The smallest absolute Gasteiger partial charge is 0.167 e. The van der Waals surface area contributed by atoms with Gasteiger partial charge in [0.2, 0.25) is 0 Å². The van der Waals surface area contributed by atoms with Crippen LogP contribution in [0.15, 0.2) is 36.8 Å². The lowest BCUT2D eigenvalue weighted by atomic mass is 10.3. The van der Waals surface area contributed by atoms with Crippen molar-refractivity contribution in [3.8, 4) is 0 Å². The SMILES string of the molecule is Cc1nc2cc3c(=N)n(Cc4ccccn4)cnc3nc2n1C. The molecule has 4 rings (SSSR count). The Balaban J connectivity index is 1.90. The zero-order valence-electron chi connectivity index (χ0n) is 12.9. The molecule has 0 aliphatic heterocycles. The van der Waals surface area contributed by atoms with E-state index < -0.39 is 0 Å². The summed E-state index contributed by atoms with van der Waals surface area (Å²) in [6, 6.07) is 7.62. The molecule has 1 N–H and O–H groups in total. The first-order valence-corrected chi connectivity index (χ1v) is 7.27. The first-order valence-electron chi connectivity index (χ1n) is 7.27. The summed E-state index contributed by atoms with van der Waals surface area (Å²) in [5.41, 5.74) is 3.36. The molecule has 0 aromatic carbocycles. The van der Waals surface area contributed by atoms with Crippen LogP contribution < -0.4 is 5.49 Å². The summed E-state index contributed by atoms with van der Waals surface area (Å²) in [6.45, 7) is 2.44. The van der Waals surface area contributed by atoms with Crippen LogP contribution in [0.2, 0.25) is 0 Å². The molecule has 7 nitrogen and oxygen atoms in total. The molecule has 0 radical (unpaired) electrons. The lowest BCUT2D eigenvalue weighted by Gasteiger charge is -2.07. The third-order valence-electron chi connectivity index (χ3n) is 3.97. The molecule has 0 amide bonds. The number of nitrogens with zero attached hydrogens (tertiary/aromatic N) is 6. The van der Waals surface area contributed by atoms with Gasteiger partial charge in [-0.2, -0.15) is 0 Å². The molecule has 114 valence electrons. The van der Waals surface area contributed by atoms with Crippen molar-refractivity contribution in [1.29, 1.82) is 5.41 Å². The fraction of sp³-hybridized carbons (Fsp3) is 0.188. The molecule has 0 saturated heterocycles. The first-order chi connectivity index (χ1) is 11.1. The lowest BCUT2D eigenvalue weighted by molar-refractivity contribution is 0.706. The summed E-state index contributed by atoms with van der Waals surface area (Å²) in [4.78, 5) is 17.7. The zero-order chi connectivity index (χ0) is 16.0. The van der Waals surface area contributed by atoms with Gasteiger partial charge in [0.05, 0.1) is 24.0 Å². The minimum Gasteiger partial charge on any atom is -0.316 e. The van der Waals surface area contributed by atoms with E-state index in [1.54, 1.807) is 17.1 Å². The van der Waals surface area contributed by atoms with Crippen LogP contribution in [0.5, 0.6) is 0 Å². The van der Waals surface area contributed by atoms with Crippen molar-refractivity contribution in [2.45, 2.75) is 13.5 Å². The maximum Gasteiger partial charge on any atom is 0.167 e. The highest BCUT2D eigenvalue weighted by Gasteiger charge is 2.10. The highest BCUT2D eigenvalue weighted by Crippen LogP contribution is 2.16. The molecule has 0 unspecified atom stereocenters. The summed E-state index contributed by atoms with van der Waals surface area (Å²) in [5, 5.41) is 9.13. The van der Waals surface area contributed by atoms with Gasteiger partial charge in [-0.05, 0) is 25.1 Å². The molecule has 7 heteroatoms. The third kappa shape index (κ3) is 2.17. The minimum absolute atomic E-state index is 0.360. The quantitative estimate of drug-likeness (QED) is 0.609. The Morgan fingerprint density at radius 1 is 1.17 bits per heavy atom. The Kier molecular flexibility index (Phi) is 2.94. The van der Waals surface area contributed by atoms with E-state index in [1.807, 2.05) is 42.8 Å². The third-order valence-corrected chi connectivity index (χ3v) is 3.97. The zero-order valence-corrected chi connectivity index (χ0v) is 12.9. The fourth-order valence-corrected chi connectivity index (χ4v) is 2.61. The number of aromatic nitrogens is 6. The number of hydrogen-bond acceptors (Lipinski definition) is 5. The number of fused-ring (bicyclic) bond motifs is 2. The van der Waals surface area contributed by atoms with Gasteiger partial charge in [0.1, 0.15) is 16.8 Å². The van der Waals surface area contributed by atoms with Crippen molar-refractivity contribution in [2.24, 2.45) is 7.05 Å².